The van der Waals surface area contributed by atoms with Crippen LogP contribution in [0.2, 0.25) is 0 Å². The van der Waals surface area contributed by atoms with Crippen LogP contribution in [0.1, 0.15) is 0 Å². The lowest BCUT2D eigenvalue weighted by Gasteiger charge is -2.11. The van der Waals surface area contributed by atoms with Crippen molar-refractivity contribution in [3.63, 3.8) is 0 Å². The molecule has 0 spiro atoms. The van der Waals surface area contributed by atoms with Crippen LogP contribution in [0.3, 0.4) is 0 Å². The minimum atomic E-state index is 0.609. The molecule has 0 aliphatic rings. The highest BCUT2D eigenvalue weighted by molar-refractivity contribution is 6.11. The van der Waals surface area contributed by atoms with Gasteiger partial charge in [0.15, 0.2) is 17.5 Å². The number of nitrogens with zero attached hydrogens (tertiary/aromatic N) is 3. The summed E-state index contributed by atoms with van der Waals surface area (Å²) in [5, 5.41) is 6.81. The maximum absolute atomic E-state index is 6.21. The zero-order chi connectivity index (χ0) is 33.7. The molecule has 0 fully saturated rings. The molecule has 2 heterocycles. The fourth-order valence-electron chi connectivity index (χ4n) is 7.21. The molecular weight excluding hydrogens is 623 g/mol. The molecule has 238 valence electrons. The van der Waals surface area contributed by atoms with Crippen LogP contribution in [0, 0.1) is 0 Å². The van der Waals surface area contributed by atoms with Crippen LogP contribution in [0.5, 0.6) is 0 Å². The van der Waals surface area contributed by atoms with Crippen molar-refractivity contribution in [2.75, 3.05) is 0 Å². The van der Waals surface area contributed by atoms with Crippen molar-refractivity contribution >= 4 is 43.5 Å². The number of aromatic nitrogens is 3. The topological polar surface area (TPSA) is 51.8 Å². The normalized spacial score (nSPS) is 11.5. The summed E-state index contributed by atoms with van der Waals surface area (Å²) in [6, 6.07) is 61.3. The molecule has 0 saturated carbocycles. The predicted molar refractivity (Wildman–Crippen MR) is 209 cm³/mol. The smallest absolute Gasteiger partial charge is 0.164 e. The summed E-state index contributed by atoms with van der Waals surface area (Å²) >= 11 is 0. The van der Waals surface area contributed by atoms with Crippen molar-refractivity contribution in [3.05, 3.63) is 176 Å². The zero-order valence-corrected chi connectivity index (χ0v) is 27.5. The molecule has 10 rings (SSSR count). The van der Waals surface area contributed by atoms with Gasteiger partial charge in [-0.15, -0.1) is 0 Å². The van der Waals surface area contributed by atoms with Crippen molar-refractivity contribution in [2.24, 2.45) is 0 Å². The Morgan fingerprint density at radius 2 is 0.882 bits per heavy atom. The van der Waals surface area contributed by atoms with Gasteiger partial charge in [-0.1, -0.05) is 146 Å². The third-order valence-corrected chi connectivity index (χ3v) is 9.71. The molecule has 0 aliphatic carbocycles. The maximum atomic E-state index is 6.21. The summed E-state index contributed by atoms with van der Waals surface area (Å²) in [4.78, 5) is 15.1. The average molecular weight is 652 g/mol. The molecule has 0 amide bonds. The van der Waals surface area contributed by atoms with Gasteiger partial charge in [0.05, 0.1) is 0 Å². The molecule has 10 aromatic rings. The second kappa shape index (κ2) is 11.9. The SMILES string of the molecule is c1ccc(-c2nc(-c3ccc4cc(-c5cccc(-c6cccc7ccccc67)c5)ccc4c3)nc(-c3cccc4oc5ccccc5c34)n2)cc1. The van der Waals surface area contributed by atoms with Crippen LogP contribution in [0.4, 0.5) is 0 Å². The van der Waals surface area contributed by atoms with Crippen LogP contribution in [0.15, 0.2) is 180 Å². The van der Waals surface area contributed by atoms with Gasteiger partial charge >= 0.3 is 0 Å². The lowest BCUT2D eigenvalue weighted by Crippen LogP contribution is -2.00. The molecule has 0 unspecified atom stereocenters. The lowest BCUT2D eigenvalue weighted by atomic mass is 9.94. The standard InChI is InChI=1S/C47H29N3O/c1-2-12-31(13-3-1)45-48-46(50-47(49-45)41-20-10-22-43-44(41)40-18-6-7-21-42(40)51-43)37-26-25-34-27-33(23-24-35(34)29-37)32-15-8-16-36(28-32)39-19-9-14-30-11-4-5-17-38(30)39/h1-29H. The number of hydrogen-bond acceptors (Lipinski definition) is 4. The minimum absolute atomic E-state index is 0.609. The molecule has 8 aromatic carbocycles. The van der Waals surface area contributed by atoms with Crippen molar-refractivity contribution < 1.29 is 4.42 Å². The lowest BCUT2D eigenvalue weighted by molar-refractivity contribution is 0.669. The van der Waals surface area contributed by atoms with Crippen LogP contribution in [0.25, 0.3) is 99.9 Å². The van der Waals surface area contributed by atoms with E-state index in [0.717, 1.165) is 49.4 Å². The molecular formula is C47H29N3O. The Hall–Kier alpha value is -6.91. The molecule has 4 heteroatoms. The number of rotatable bonds is 5. The summed E-state index contributed by atoms with van der Waals surface area (Å²) in [5.74, 6) is 1.86. The summed E-state index contributed by atoms with van der Waals surface area (Å²) in [7, 11) is 0. The number of hydrogen-bond donors (Lipinski definition) is 0. The van der Waals surface area contributed by atoms with Gasteiger partial charge in [0, 0.05) is 27.5 Å². The van der Waals surface area contributed by atoms with Crippen molar-refractivity contribution in [3.8, 4) is 56.4 Å². The highest BCUT2D eigenvalue weighted by Gasteiger charge is 2.18. The molecule has 0 atom stereocenters. The van der Waals surface area contributed by atoms with Crippen LogP contribution < -0.4 is 0 Å². The number of fused-ring (bicyclic) bond motifs is 5. The Bertz CT molecular complexity index is 2920. The fourth-order valence-corrected chi connectivity index (χ4v) is 7.21. The zero-order valence-electron chi connectivity index (χ0n) is 27.5. The third kappa shape index (κ3) is 5.13. The monoisotopic (exact) mass is 651 g/mol. The Morgan fingerprint density at radius 1 is 0.314 bits per heavy atom. The Balaban J connectivity index is 1.07. The van der Waals surface area contributed by atoms with E-state index >= 15 is 0 Å². The van der Waals surface area contributed by atoms with E-state index in [-0.39, 0.29) is 0 Å². The van der Waals surface area contributed by atoms with E-state index in [2.05, 4.69) is 115 Å². The van der Waals surface area contributed by atoms with E-state index in [1.54, 1.807) is 0 Å². The number of benzene rings is 8. The van der Waals surface area contributed by atoms with Crippen molar-refractivity contribution in [2.45, 2.75) is 0 Å². The van der Waals surface area contributed by atoms with E-state index in [1.807, 2.05) is 60.7 Å². The van der Waals surface area contributed by atoms with E-state index in [1.165, 1.54) is 33.0 Å². The summed E-state index contributed by atoms with van der Waals surface area (Å²) in [6.07, 6.45) is 0. The molecule has 0 aliphatic heterocycles. The molecule has 0 saturated heterocycles. The number of furan rings is 1. The van der Waals surface area contributed by atoms with Crippen LogP contribution in [-0.4, -0.2) is 15.0 Å². The highest BCUT2D eigenvalue weighted by Crippen LogP contribution is 2.37. The van der Waals surface area contributed by atoms with Gasteiger partial charge in [-0.05, 0) is 74.1 Å². The van der Waals surface area contributed by atoms with Gasteiger partial charge in [-0.25, -0.2) is 15.0 Å². The Labute approximate surface area is 294 Å². The van der Waals surface area contributed by atoms with Gasteiger partial charge in [0.2, 0.25) is 0 Å². The van der Waals surface area contributed by atoms with Crippen molar-refractivity contribution in [1.29, 1.82) is 0 Å². The Morgan fingerprint density at radius 3 is 1.76 bits per heavy atom. The minimum Gasteiger partial charge on any atom is -0.456 e. The molecule has 2 aromatic heterocycles. The molecule has 0 bridgehead atoms. The fraction of sp³-hybridized carbons (Fsp3) is 0. The van der Waals surface area contributed by atoms with Gasteiger partial charge in [0.1, 0.15) is 11.2 Å². The van der Waals surface area contributed by atoms with Crippen molar-refractivity contribution in [1.82, 2.24) is 15.0 Å². The summed E-state index contributed by atoms with van der Waals surface area (Å²) < 4.78 is 6.21. The summed E-state index contributed by atoms with van der Waals surface area (Å²) in [5.41, 5.74) is 9.22. The van der Waals surface area contributed by atoms with E-state index in [9.17, 15) is 0 Å². The second-order valence-electron chi connectivity index (χ2n) is 12.8. The third-order valence-electron chi connectivity index (χ3n) is 9.71. The van der Waals surface area contributed by atoms with E-state index < -0.39 is 0 Å². The molecule has 4 nitrogen and oxygen atoms in total. The van der Waals surface area contributed by atoms with Gasteiger partial charge in [0.25, 0.3) is 0 Å². The van der Waals surface area contributed by atoms with Gasteiger partial charge in [-0.2, -0.15) is 0 Å². The van der Waals surface area contributed by atoms with Gasteiger partial charge < -0.3 is 4.42 Å². The predicted octanol–water partition coefficient (Wildman–Crippen LogP) is 12.4. The largest absolute Gasteiger partial charge is 0.456 e. The molecule has 51 heavy (non-hydrogen) atoms. The van der Waals surface area contributed by atoms with Crippen LogP contribution in [-0.2, 0) is 0 Å². The highest BCUT2D eigenvalue weighted by atomic mass is 16.3. The van der Waals surface area contributed by atoms with E-state index in [4.69, 9.17) is 19.4 Å². The summed E-state index contributed by atoms with van der Waals surface area (Å²) in [6.45, 7) is 0. The second-order valence-corrected chi connectivity index (χ2v) is 12.8. The van der Waals surface area contributed by atoms with Crippen LogP contribution >= 0.6 is 0 Å². The average Bonchev–Trinajstić information content (AvgIpc) is 3.59. The molecule has 0 N–H and O–H groups in total. The number of para-hydroxylation sites is 1. The quantitative estimate of drug-likeness (QED) is 0.186. The van der Waals surface area contributed by atoms with E-state index in [0.29, 0.717) is 17.5 Å². The molecule has 0 radical (unpaired) electrons. The first-order valence-electron chi connectivity index (χ1n) is 17.1. The first kappa shape index (κ1) is 29.0. The Kier molecular flexibility index (Phi) is 6.78. The van der Waals surface area contributed by atoms with Gasteiger partial charge in [-0.3, -0.25) is 0 Å². The first-order valence-corrected chi connectivity index (χ1v) is 17.1. The maximum Gasteiger partial charge on any atom is 0.164 e. The first-order chi connectivity index (χ1) is 25.2.